The van der Waals surface area contributed by atoms with Crippen LogP contribution < -0.4 is 20.2 Å². The standard InChI is InChI=1S/C26H28N2O4/c29-23(30)8-2-1-3-11-27-14-9-18(10-15-27)22-17-20-16-19-6-4-12-28-13-5-7-21(24(19)28)25(20)32-26(22)31/h9-10,14-17H,1-8,11-13H2. The number of carbonyl (C=O) groups is 1. The van der Waals surface area contributed by atoms with E-state index in [-0.39, 0.29) is 12.0 Å². The van der Waals surface area contributed by atoms with Crippen molar-refractivity contribution in [3.05, 3.63) is 58.2 Å². The quantitative estimate of drug-likeness (QED) is 0.326. The highest BCUT2D eigenvalue weighted by Crippen LogP contribution is 2.40. The minimum atomic E-state index is -0.988. The van der Waals surface area contributed by atoms with Crippen molar-refractivity contribution in [2.75, 3.05) is 18.0 Å². The summed E-state index contributed by atoms with van der Waals surface area (Å²) in [7, 11) is 0. The van der Waals surface area contributed by atoms with Crippen molar-refractivity contribution in [3.8, 4) is 11.1 Å². The smallest absolute Gasteiger partial charge is 0.344 e. The molecule has 32 heavy (non-hydrogen) atoms. The first-order chi connectivity index (χ1) is 15.6. The molecule has 0 aliphatic carbocycles. The van der Waals surface area contributed by atoms with E-state index >= 15 is 0 Å². The predicted molar refractivity (Wildman–Crippen MR) is 120 cm³/mol. The van der Waals surface area contributed by atoms with Crippen LogP contribution in [0.5, 0.6) is 0 Å². The number of anilines is 1. The lowest BCUT2D eigenvalue weighted by molar-refractivity contribution is -0.697. The van der Waals surface area contributed by atoms with Crippen LogP contribution in [0.2, 0.25) is 0 Å². The van der Waals surface area contributed by atoms with Crippen LogP contribution >= 0.6 is 0 Å². The number of benzene rings is 1. The summed E-state index contributed by atoms with van der Waals surface area (Å²) in [6.07, 6.45) is 10.8. The van der Waals surface area contributed by atoms with Gasteiger partial charge in [0.1, 0.15) is 12.1 Å². The molecule has 0 radical (unpaired) electrons. The summed E-state index contributed by atoms with van der Waals surface area (Å²) in [6, 6.07) is 8.10. The molecule has 6 nitrogen and oxygen atoms in total. The Hall–Kier alpha value is -3.15. The molecule has 2 aliphatic heterocycles. The third kappa shape index (κ3) is 4.01. The van der Waals surface area contributed by atoms with Gasteiger partial charge in [-0.25, -0.2) is 9.36 Å². The fourth-order valence-electron chi connectivity index (χ4n) is 5.17. The predicted octanol–water partition coefficient (Wildman–Crippen LogP) is 2.76. The minimum Gasteiger partial charge on any atom is -0.550 e. The van der Waals surface area contributed by atoms with Gasteiger partial charge in [-0.05, 0) is 62.6 Å². The van der Waals surface area contributed by atoms with Crippen molar-refractivity contribution in [2.45, 2.75) is 57.9 Å². The van der Waals surface area contributed by atoms with Gasteiger partial charge in [-0.2, -0.15) is 0 Å². The second-order valence-electron chi connectivity index (χ2n) is 8.93. The molecule has 3 aromatic rings. The molecular weight excluding hydrogens is 404 g/mol. The van der Waals surface area contributed by atoms with Crippen LogP contribution in [0.3, 0.4) is 0 Å². The van der Waals surface area contributed by atoms with Crippen LogP contribution in [0, 0.1) is 0 Å². The fourth-order valence-corrected chi connectivity index (χ4v) is 5.17. The second-order valence-corrected chi connectivity index (χ2v) is 8.93. The number of hydrogen-bond donors (Lipinski definition) is 0. The number of aliphatic carboxylic acids is 1. The van der Waals surface area contributed by atoms with Gasteiger partial charge in [-0.1, -0.05) is 0 Å². The number of carbonyl (C=O) groups excluding carboxylic acids is 1. The van der Waals surface area contributed by atoms with Gasteiger partial charge in [0, 0.05) is 59.8 Å². The normalized spacial score (nSPS) is 15.1. The second kappa shape index (κ2) is 8.77. The van der Waals surface area contributed by atoms with Crippen LogP contribution in [0.15, 0.2) is 45.9 Å². The van der Waals surface area contributed by atoms with Gasteiger partial charge in [-0.15, -0.1) is 0 Å². The Morgan fingerprint density at radius 3 is 2.62 bits per heavy atom. The molecule has 0 atom stereocenters. The summed E-state index contributed by atoms with van der Waals surface area (Å²) in [5.74, 6) is -0.988. The van der Waals surface area contributed by atoms with E-state index in [1.165, 1.54) is 23.2 Å². The first-order valence-corrected chi connectivity index (χ1v) is 11.7. The molecule has 6 heteroatoms. The van der Waals surface area contributed by atoms with E-state index in [2.05, 4.69) is 15.5 Å². The lowest BCUT2D eigenvalue weighted by Crippen LogP contribution is -2.34. The lowest BCUT2D eigenvalue weighted by atomic mass is 9.89. The molecule has 0 bridgehead atoms. The maximum atomic E-state index is 12.9. The summed E-state index contributed by atoms with van der Waals surface area (Å²) >= 11 is 0. The van der Waals surface area contributed by atoms with E-state index in [9.17, 15) is 14.7 Å². The molecule has 4 heterocycles. The van der Waals surface area contributed by atoms with Crippen LogP contribution in [-0.4, -0.2) is 19.1 Å². The number of carboxylic acid groups (broad SMARTS) is 1. The zero-order valence-electron chi connectivity index (χ0n) is 18.3. The van der Waals surface area contributed by atoms with Crippen LogP contribution in [0.1, 0.15) is 49.7 Å². The Balaban J connectivity index is 1.40. The van der Waals surface area contributed by atoms with Gasteiger partial charge in [0.2, 0.25) is 0 Å². The van der Waals surface area contributed by atoms with Gasteiger partial charge in [0.25, 0.3) is 0 Å². The minimum absolute atomic E-state index is 0.115. The van der Waals surface area contributed by atoms with Crippen LogP contribution in [0.25, 0.3) is 22.1 Å². The first kappa shape index (κ1) is 20.7. The highest BCUT2D eigenvalue weighted by Gasteiger charge is 2.27. The van der Waals surface area contributed by atoms with E-state index in [1.54, 1.807) is 0 Å². The average molecular weight is 433 g/mol. The molecule has 2 aliphatic rings. The maximum absolute atomic E-state index is 12.9. The van der Waals surface area contributed by atoms with E-state index in [0.717, 1.165) is 68.3 Å². The number of aromatic nitrogens is 1. The average Bonchev–Trinajstić information content (AvgIpc) is 2.80. The van der Waals surface area contributed by atoms with Gasteiger partial charge in [0.05, 0.1) is 5.56 Å². The molecule has 0 saturated heterocycles. The third-order valence-electron chi connectivity index (χ3n) is 6.72. The fraction of sp³-hybridized carbons (Fsp3) is 0.423. The van der Waals surface area contributed by atoms with Crippen molar-refractivity contribution in [2.24, 2.45) is 0 Å². The van der Waals surface area contributed by atoms with Crippen molar-refractivity contribution in [1.82, 2.24) is 0 Å². The first-order valence-electron chi connectivity index (χ1n) is 11.7. The van der Waals surface area contributed by atoms with Gasteiger partial charge in [-0.3, -0.25) is 0 Å². The van der Waals surface area contributed by atoms with Crippen LogP contribution in [0.4, 0.5) is 5.69 Å². The summed E-state index contributed by atoms with van der Waals surface area (Å²) in [5.41, 5.74) is 5.80. The molecule has 0 saturated carbocycles. The molecule has 0 N–H and O–H groups in total. The molecule has 0 fully saturated rings. The van der Waals surface area contributed by atoms with Gasteiger partial charge in [0.15, 0.2) is 12.4 Å². The summed E-state index contributed by atoms with van der Waals surface area (Å²) in [5, 5.41) is 11.5. The lowest BCUT2D eigenvalue weighted by Gasteiger charge is -2.37. The number of unbranched alkanes of at least 4 members (excludes halogenated alkanes) is 2. The Labute approximate surface area is 187 Å². The van der Waals surface area contributed by atoms with Gasteiger partial charge < -0.3 is 19.2 Å². The Morgan fingerprint density at radius 2 is 1.84 bits per heavy atom. The topological polar surface area (TPSA) is 77.5 Å². The van der Waals surface area contributed by atoms with Crippen LogP contribution in [-0.2, 0) is 24.2 Å². The monoisotopic (exact) mass is 432 g/mol. The molecule has 166 valence electrons. The van der Waals surface area contributed by atoms with E-state index in [0.29, 0.717) is 12.0 Å². The summed E-state index contributed by atoms with van der Waals surface area (Å²) in [6.45, 7) is 2.99. The molecule has 0 unspecified atom stereocenters. The largest absolute Gasteiger partial charge is 0.550 e. The third-order valence-corrected chi connectivity index (χ3v) is 6.72. The number of rotatable bonds is 7. The number of carboxylic acids is 1. The molecule has 5 rings (SSSR count). The zero-order valence-corrected chi connectivity index (χ0v) is 18.3. The molecule has 1 aromatic carbocycles. The van der Waals surface area contributed by atoms with E-state index in [1.807, 2.05) is 30.6 Å². The molecule has 2 aromatic heterocycles. The van der Waals surface area contributed by atoms with Gasteiger partial charge >= 0.3 is 5.63 Å². The molecular formula is C26H28N2O4. The van der Waals surface area contributed by atoms with Crippen molar-refractivity contribution < 1.29 is 18.9 Å². The van der Waals surface area contributed by atoms with E-state index < -0.39 is 5.97 Å². The Bertz CT molecular complexity index is 1210. The number of aryl methyl sites for hydroxylation is 3. The number of pyridine rings is 1. The van der Waals surface area contributed by atoms with Crippen molar-refractivity contribution >= 4 is 22.6 Å². The number of fused-ring (bicyclic) bond motifs is 2. The highest BCUT2D eigenvalue weighted by atomic mass is 16.4. The zero-order chi connectivity index (χ0) is 22.1. The summed E-state index contributed by atoms with van der Waals surface area (Å²) < 4.78 is 7.97. The molecule has 0 spiro atoms. The molecule has 0 amide bonds. The highest BCUT2D eigenvalue weighted by molar-refractivity contribution is 5.90. The van der Waals surface area contributed by atoms with Crippen molar-refractivity contribution in [1.29, 1.82) is 0 Å². The maximum Gasteiger partial charge on any atom is 0.344 e. The van der Waals surface area contributed by atoms with E-state index in [4.69, 9.17) is 4.42 Å². The Morgan fingerprint density at radius 1 is 1.06 bits per heavy atom. The van der Waals surface area contributed by atoms with Crippen molar-refractivity contribution in [3.63, 3.8) is 0 Å². The number of hydrogen-bond acceptors (Lipinski definition) is 5. The Kier molecular flexibility index (Phi) is 5.68. The SMILES string of the molecule is O=C([O-])CCCCC[n+]1ccc(-c2cc3cc4c5c(c3oc2=O)CCCN5CCC4)cc1. The number of nitrogens with zero attached hydrogens (tertiary/aromatic N) is 2. The summed E-state index contributed by atoms with van der Waals surface area (Å²) in [4.78, 5) is 25.9.